The van der Waals surface area contributed by atoms with E-state index in [1.54, 1.807) is 0 Å². The Labute approximate surface area is 151 Å². The molecule has 1 unspecified atom stereocenters. The van der Waals surface area contributed by atoms with Crippen LogP contribution in [0, 0.1) is 0 Å². The van der Waals surface area contributed by atoms with Crippen molar-refractivity contribution in [1.82, 2.24) is 10.2 Å². The first kappa shape index (κ1) is 18.1. The summed E-state index contributed by atoms with van der Waals surface area (Å²) in [5.41, 5.74) is 2.73. The minimum Gasteiger partial charge on any atom is -0.396 e. The molecule has 0 spiro atoms. The molecule has 2 N–H and O–H groups in total. The van der Waals surface area contributed by atoms with Crippen molar-refractivity contribution in [2.24, 2.45) is 0 Å². The van der Waals surface area contributed by atoms with Crippen molar-refractivity contribution in [3.63, 3.8) is 0 Å². The number of aliphatic hydroxyl groups excluding tert-OH is 1. The highest BCUT2D eigenvalue weighted by atomic mass is 16.3. The van der Waals surface area contributed by atoms with Crippen molar-refractivity contribution >= 4 is 0 Å². The lowest BCUT2D eigenvalue weighted by Gasteiger charge is -2.33. The second-order valence-corrected chi connectivity index (χ2v) is 7.06. The van der Waals surface area contributed by atoms with Crippen LogP contribution in [0.4, 0.5) is 0 Å². The quantitative estimate of drug-likeness (QED) is 0.774. The van der Waals surface area contributed by atoms with E-state index in [0.717, 1.165) is 32.6 Å². The Bertz CT molecular complexity index is 594. The summed E-state index contributed by atoms with van der Waals surface area (Å²) < 4.78 is 0. The molecule has 0 aliphatic carbocycles. The van der Waals surface area contributed by atoms with Crippen molar-refractivity contribution in [2.75, 3.05) is 26.2 Å². The molecular weight excluding hydrogens is 308 g/mol. The van der Waals surface area contributed by atoms with Crippen LogP contribution in [0.5, 0.6) is 0 Å². The van der Waals surface area contributed by atoms with E-state index in [-0.39, 0.29) is 6.61 Å². The minimum atomic E-state index is 0.247. The number of nitrogens with zero attached hydrogens (tertiary/aromatic N) is 1. The fourth-order valence-electron chi connectivity index (χ4n) is 3.71. The molecule has 1 aliphatic rings. The van der Waals surface area contributed by atoms with Crippen LogP contribution in [-0.2, 0) is 6.54 Å². The summed E-state index contributed by atoms with van der Waals surface area (Å²) in [6, 6.07) is 21.9. The molecular formula is C22H30N2O. The highest BCUT2D eigenvalue weighted by Gasteiger charge is 2.20. The van der Waals surface area contributed by atoms with Crippen molar-refractivity contribution in [1.29, 1.82) is 0 Å². The number of nitrogens with one attached hydrogen (secondary N) is 1. The van der Waals surface area contributed by atoms with Gasteiger partial charge in [0.2, 0.25) is 0 Å². The van der Waals surface area contributed by atoms with Gasteiger partial charge < -0.3 is 10.4 Å². The Hall–Kier alpha value is -1.68. The average Bonchev–Trinajstić information content (AvgIpc) is 2.68. The van der Waals surface area contributed by atoms with Crippen LogP contribution in [0.15, 0.2) is 60.7 Å². The Morgan fingerprint density at radius 3 is 2.24 bits per heavy atom. The molecule has 0 saturated carbocycles. The van der Waals surface area contributed by atoms with Gasteiger partial charge in [-0.15, -0.1) is 0 Å². The van der Waals surface area contributed by atoms with E-state index in [1.165, 1.54) is 24.0 Å². The molecule has 0 aromatic heterocycles. The predicted octanol–water partition coefficient (Wildman–Crippen LogP) is 3.41. The lowest BCUT2D eigenvalue weighted by atomic mass is 9.95. The molecule has 3 heteroatoms. The van der Waals surface area contributed by atoms with Crippen molar-refractivity contribution in [3.05, 3.63) is 71.8 Å². The molecule has 2 aromatic rings. The lowest BCUT2D eigenvalue weighted by Crippen LogP contribution is -2.43. The number of benzene rings is 2. The predicted molar refractivity (Wildman–Crippen MR) is 104 cm³/mol. The molecule has 134 valence electrons. The lowest BCUT2D eigenvalue weighted by molar-refractivity contribution is 0.188. The van der Waals surface area contributed by atoms with E-state index in [1.807, 2.05) is 0 Å². The van der Waals surface area contributed by atoms with Crippen molar-refractivity contribution in [2.45, 2.75) is 37.8 Å². The van der Waals surface area contributed by atoms with Gasteiger partial charge in [-0.25, -0.2) is 0 Å². The molecule has 2 aromatic carbocycles. The number of piperidine rings is 1. The van der Waals surface area contributed by atoms with Crippen LogP contribution in [0.25, 0.3) is 0 Å². The highest BCUT2D eigenvalue weighted by Crippen LogP contribution is 2.20. The third-order valence-electron chi connectivity index (χ3n) is 5.24. The summed E-state index contributed by atoms with van der Waals surface area (Å²) in [5.74, 6) is 0.397. The van der Waals surface area contributed by atoms with Crippen molar-refractivity contribution < 1.29 is 5.11 Å². The summed E-state index contributed by atoms with van der Waals surface area (Å²) >= 11 is 0. The monoisotopic (exact) mass is 338 g/mol. The Morgan fingerprint density at radius 2 is 1.60 bits per heavy atom. The first-order valence-electron chi connectivity index (χ1n) is 9.50. The van der Waals surface area contributed by atoms with Crippen molar-refractivity contribution in [3.8, 4) is 0 Å². The fourth-order valence-corrected chi connectivity index (χ4v) is 3.71. The molecule has 0 bridgehead atoms. The third-order valence-corrected chi connectivity index (χ3v) is 5.24. The first-order chi connectivity index (χ1) is 12.3. The zero-order valence-electron chi connectivity index (χ0n) is 15.0. The van der Waals surface area contributed by atoms with Gasteiger partial charge in [0, 0.05) is 25.7 Å². The van der Waals surface area contributed by atoms with Gasteiger partial charge in [-0.05, 0) is 49.4 Å². The Kier molecular flexibility index (Phi) is 7.04. The number of likely N-dealkylation sites (tertiary alicyclic amines) is 1. The van der Waals surface area contributed by atoms with Crippen LogP contribution in [0.2, 0.25) is 0 Å². The minimum absolute atomic E-state index is 0.247. The van der Waals surface area contributed by atoms with E-state index >= 15 is 0 Å². The second kappa shape index (κ2) is 9.71. The molecule has 1 saturated heterocycles. The molecule has 1 fully saturated rings. The van der Waals surface area contributed by atoms with Gasteiger partial charge >= 0.3 is 0 Å². The summed E-state index contributed by atoms with van der Waals surface area (Å²) in [4.78, 5) is 2.55. The van der Waals surface area contributed by atoms with Gasteiger partial charge in [0.15, 0.2) is 0 Å². The number of rotatable bonds is 8. The molecule has 1 heterocycles. The fraction of sp³-hybridized carbons (Fsp3) is 0.455. The van der Waals surface area contributed by atoms with Gasteiger partial charge in [-0.2, -0.15) is 0 Å². The number of aliphatic hydroxyl groups is 1. The highest BCUT2D eigenvalue weighted by molar-refractivity contribution is 5.20. The molecule has 1 aliphatic heterocycles. The van der Waals surface area contributed by atoms with Gasteiger partial charge in [-0.1, -0.05) is 60.7 Å². The van der Waals surface area contributed by atoms with Crippen LogP contribution < -0.4 is 5.32 Å². The van der Waals surface area contributed by atoms with E-state index in [4.69, 9.17) is 0 Å². The van der Waals surface area contributed by atoms with E-state index in [0.29, 0.717) is 12.0 Å². The van der Waals surface area contributed by atoms with Gasteiger partial charge in [-0.3, -0.25) is 4.90 Å². The summed E-state index contributed by atoms with van der Waals surface area (Å²) in [5, 5.41) is 13.1. The maximum atomic E-state index is 9.38. The molecule has 3 nitrogen and oxygen atoms in total. The summed E-state index contributed by atoms with van der Waals surface area (Å²) in [6.45, 7) is 4.57. The topological polar surface area (TPSA) is 35.5 Å². The van der Waals surface area contributed by atoms with Crippen LogP contribution in [-0.4, -0.2) is 42.3 Å². The van der Waals surface area contributed by atoms with Gasteiger partial charge in [0.05, 0.1) is 0 Å². The smallest absolute Gasteiger partial charge is 0.0437 e. The van der Waals surface area contributed by atoms with Crippen LogP contribution >= 0.6 is 0 Å². The summed E-state index contributed by atoms with van der Waals surface area (Å²) in [6.07, 6.45) is 3.23. The standard InChI is InChI=1S/C22H30N2O/c25-16-13-21(20-9-5-2-6-10-20)17-23-22-11-14-24(15-12-22)18-19-7-3-1-4-8-19/h1-10,21-23,25H,11-18H2. The van der Waals surface area contributed by atoms with E-state index < -0.39 is 0 Å². The molecule has 0 radical (unpaired) electrons. The second-order valence-electron chi connectivity index (χ2n) is 7.06. The van der Waals surface area contributed by atoms with Crippen LogP contribution in [0.3, 0.4) is 0 Å². The Morgan fingerprint density at radius 1 is 0.960 bits per heavy atom. The number of hydrogen-bond donors (Lipinski definition) is 2. The van der Waals surface area contributed by atoms with Gasteiger partial charge in [0.1, 0.15) is 0 Å². The molecule has 25 heavy (non-hydrogen) atoms. The number of hydrogen-bond acceptors (Lipinski definition) is 3. The zero-order valence-corrected chi connectivity index (χ0v) is 15.0. The zero-order chi connectivity index (χ0) is 17.3. The maximum Gasteiger partial charge on any atom is 0.0437 e. The Balaban J connectivity index is 1.43. The third kappa shape index (κ3) is 5.67. The SMILES string of the molecule is OCCC(CNC1CCN(Cc2ccccc2)CC1)c1ccccc1. The molecule has 0 amide bonds. The molecule has 1 atom stereocenters. The van der Waals surface area contributed by atoms with E-state index in [9.17, 15) is 5.11 Å². The summed E-state index contributed by atoms with van der Waals surface area (Å²) in [7, 11) is 0. The first-order valence-corrected chi connectivity index (χ1v) is 9.50. The average molecular weight is 338 g/mol. The maximum absolute atomic E-state index is 9.38. The largest absolute Gasteiger partial charge is 0.396 e. The van der Waals surface area contributed by atoms with Crippen LogP contribution in [0.1, 0.15) is 36.3 Å². The van der Waals surface area contributed by atoms with Gasteiger partial charge in [0.25, 0.3) is 0 Å². The van der Waals surface area contributed by atoms with E-state index in [2.05, 4.69) is 70.9 Å². The molecule has 3 rings (SSSR count). The normalized spacial score (nSPS) is 17.5.